The Hall–Kier alpha value is -0.610. The van der Waals surface area contributed by atoms with Gasteiger partial charge in [-0.05, 0) is 19.8 Å². The molecule has 0 radical (unpaired) electrons. The van der Waals surface area contributed by atoms with Crippen LogP contribution in [0.5, 0.6) is 0 Å². The highest BCUT2D eigenvalue weighted by Gasteiger charge is 2.06. The molecular weight excluding hydrogens is 230 g/mol. The number of amides is 1. The number of hydrogen-bond acceptors (Lipinski definition) is 3. The monoisotopic (exact) mass is 261 g/mol. The van der Waals surface area contributed by atoms with E-state index in [1.807, 2.05) is 27.7 Å². The average Bonchev–Trinajstić information content (AvgIpc) is 2.43. The van der Waals surface area contributed by atoms with Crippen molar-refractivity contribution in [3.8, 4) is 0 Å². The Morgan fingerprint density at radius 3 is 2.44 bits per heavy atom. The zero-order valence-corrected chi connectivity index (χ0v) is 12.5. The largest absolute Gasteiger partial charge is 0.396 e. The molecule has 1 atom stereocenters. The van der Waals surface area contributed by atoms with Gasteiger partial charge in [0.1, 0.15) is 0 Å². The van der Waals surface area contributed by atoms with Crippen molar-refractivity contribution < 1.29 is 14.6 Å². The summed E-state index contributed by atoms with van der Waals surface area (Å²) in [5, 5.41) is 11.9. The zero-order chi connectivity index (χ0) is 14.2. The van der Waals surface area contributed by atoms with Gasteiger partial charge in [0.15, 0.2) is 0 Å². The molecule has 4 nitrogen and oxygen atoms in total. The van der Waals surface area contributed by atoms with E-state index in [0.29, 0.717) is 19.6 Å². The first-order valence-corrected chi connectivity index (χ1v) is 7.19. The minimum atomic E-state index is 0.105. The highest BCUT2D eigenvalue weighted by molar-refractivity contribution is 5.75. The molecule has 0 saturated carbocycles. The predicted octanol–water partition coefficient (Wildman–Crippen LogP) is 2.35. The van der Waals surface area contributed by atoms with Crippen molar-refractivity contribution in [3.05, 3.63) is 0 Å². The van der Waals surface area contributed by atoms with E-state index in [1.165, 1.54) is 0 Å². The van der Waals surface area contributed by atoms with E-state index in [-0.39, 0.29) is 18.4 Å². The third-order valence-corrected chi connectivity index (χ3v) is 2.50. The van der Waals surface area contributed by atoms with Crippen LogP contribution in [0.1, 0.15) is 53.4 Å². The molecule has 0 aliphatic carbocycles. The molecule has 1 amide bonds. The summed E-state index contributed by atoms with van der Waals surface area (Å²) in [7, 11) is 0. The van der Waals surface area contributed by atoms with Gasteiger partial charge < -0.3 is 15.2 Å². The molecule has 18 heavy (non-hydrogen) atoms. The summed E-state index contributed by atoms with van der Waals surface area (Å²) in [5.41, 5.74) is 0. The standard InChI is InChI=1S/C12H25NO3.C2H6/c1-3-12(15)13-8-6-5-7-11(9-14)10-16-4-2;1-2/h11,14H,3-10H2,1-2H3,(H,13,15);1-2H3. The Morgan fingerprint density at radius 1 is 1.28 bits per heavy atom. The van der Waals surface area contributed by atoms with Crippen molar-refractivity contribution in [1.82, 2.24) is 5.32 Å². The lowest BCUT2D eigenvalue weighted by Crippen LogP contribution is -2.23. The maximum Gasteiger partial charge on any atom is 0.219 e. The van der Waals surface area contributed by atoms with E-state index in [9.17, 15) is 4.79 Å². The molecule has 0 aliphatic heterocycles. The van der Waals surface area contributed by atoms with Crippen molar-refractivity contribution in [2.75, 3.05) is 26.4 Å². The fourth-order valence-corrected chi connectivity index (χ4v) is 1.42. The van der Waals surface area contributed by atoms with Crippen LogP contribution < -0.4 is 5.32 Å². The third-order valence-electron chi connectivity index (χ3n) is 2.50. The third kappa shape index (κ3) is 13.5. The SMILES string of the molecule is CC.CCOCC(CO)CCCCNC(=O)CC. The first-order valence-electron chi connectivity index (χ1n) is 7.19. The van der Waals surface area contributed by atoms with Gasteiger partial charge in [-0.3, -0.25) is 4.79 Å². The highest BCUT2D eigenvalue weighted by Crippen LogP contribution is 2.08. The summed E-state index contributed by atoms with van der Waals surface area (Å²) in [6.45, 7) is 10.0. The van der Waals surface area contributed by atoms with E-state index < -0.39 is 0 Å². The fraction of sp³-hybridized carbons (Fsp3) is 0.929. The smallest absolute Gasteiger partial charge is 0.219 e. The average molecular weight is 261 g/mol. The molecule has 110 valence electrons. The van der Waals surface area contributed by atoms with Crippen LogP contribution in [-0.4, -0.2) is 37.4 Å². The van der Waals surface area contributed by atoms with Crippen molar-refractivity contribution >= 4 is 5.91 Å². The number of ether oxygens (including phenoxy) is 1. The van der Waals surface area contributed by atoms with Crippen LogP contribution in [0, 0.1) is 5.92 Å². The predicted molar refractivity (Wildman–Crippen MR) is 75.6 cm³/mol. The second-order valence-corrected chi connectivity index (χ2v) is 3.91. The number of hydrogen-bond donors (Lipinski definition) is 2. The van der Waals surface area contributed by atoms with Crippen molar-refractivity contribution in [1.29, 1.82) is 0 Å². The van der Waals surface area contributed by atoms with Crippen LogP contribution in [0.15, 0.2) is 0 Å². The number of unbranched alkanes of at least 4 members (excludes halogenated alkanes) is 1. The summed E-state index contributed by atoms with van der Waals surface area (Å²) >= 11 is 0. The van der Waals surface area contributed by atoms with Gasteiger partial charge in [-0.25, -0.2) is 0 Å². The Balaban J connectivity index is 0. The molecule has 1 unspecified atom stereocenters. The van der Waals surface area contributed by atoms with Crippen LogP contribution in [0.3, 0.4) is 0 Å². The Kier molecular flexibility index (Phi) is 18.0. The molecule has 0 aromatic carbocycles. The summed E-state index contributed by atoms with van der Waals surface area (Å²) in [4.78, 5) is 10.9. The number of aliphatic hydroxyl groups excluding tert-OH is 1. The maximum absolute atomic E-state index is 10.9. The number of carbonyl (C=O) groups excluding carboxylic acids is 1. The van der Waals surface area contributed by atoms with E-state index >= 15 is 0 Å². The molecule has 2 N–H and O–H groups in total. The van der Waals surface area contributed by atoms with E-state index in [4.69, 9.17) is 9.84 Å². The lowest BCUT2D eigenvalue weighted by Gasteiger charge is -2.13. The summed E-state index contributed by atoms with van der Waals surface area (Å²) < 4.78 is 5.27. The summed E-state index contributed by atoms with van der Waals surface area (Å²) in [6, 6.07) is 0. The van der Waals surface area contributed by atoms with Gasteiger partial charge in [0.25, 0.3) is 0 Å². The van der Waals surface area contributed by atoms with E-state index in [1.54, 1.807) is 0 Å². The normalized spacial score (nSPS) is 11.4. The molecule has 0 spiro atoms. The number of aliphatic hydroxyl groups is 1. The summed E-state index contributed by atoms with van der Waals surface area (Å²) in [5.74, 6) is 0.342. The Bertz CT molecular complexity index is 174. The number of nitrogens with one attached hydrogen (secondary N) is 1. The Labute approximate surface area is 112 Å². The lowest BCUT2D eigenvalue weighted by molar-refractivity contribution is -0.120. The van der Waals surface area contributed by atoms with Gasteiger partial charge in [0.2, 0.25) is 5.91 Å². The molecule has 0 heterocycles. The van der Waals surface area contributed by atoms with Crippen LogP contribution in [0.4, 0.5) is 0 Å². The first-order chi connectivity index (χ1) is 8.74. The fourth-order valence-electron chi connectivity index (χ4n) is 1.42. The van der Waals surface area contributed by atoms with E-state index in [0.717, 1.165) is 25.8 Å². The molecule has 0 aromatic rings. The number of rotatable bonds is 10. The van der Waals surface area contributed by atoms with Crippen LogP contribution >= 0.6 is 0 Å². The molecule has 0 bridgehead atoms. The van der Waals surface area contributed by atoms with Gasteiger partial charge in [-0.1, -0.05) is 27.2 Å². The van der Waals surface area contributed by atoms with Crippen molar-refractivity contribution in [3.63, 3.8) is 0 Å². The van der Waals surface area contributed by atoms with Crippen LogP contribution in [-0.2, 0) is 9.53 Å². The second kappa shape index (κ2) is 16.4. The molecule has 0 aromatic heterocycles. The van der Waals surface area contributed by atoms with Crippen LogP contribution in [0.25, 0.3) is 0 Å². The quantitative estimate of drug-likeness (QED) is 0.593. The van der Waals surface area contributed by atoms with Gasteiger partial charge in [-0.2, -0.15) is 0 Å². The molecule has 4 heteroatoms. The molecule has 0 saturated heterocycles. The number of carbonyl (C=O) groups is 1. The highest BCUT2D eigenvalue weighted by atomic mass is 16.5. The van der Waals surface area contributed by atoms with Gasteiger partial charge in [0.05, 0.1) is 6.61 Å². The van der Waals surface area contributed by atoms with Crippen LogP contribution in [0.2, 0.25) is 0 Å². The van der Waals surface area contributed by atoms with Gasteiger partial charge >= 0.3 is 0 Å². The zero-order valence-electron chi connectivity index (χ0n) is 12.5. The molecule has 0 aliphatic rings. The van der Waals surface area contributed by atoms with Crippen molar-refractivity contribution in [2.24, 2.45) is 5.92 Å². The Morgan fingerprint density at radius 2 is 1.94 bits per heavy atom. The molecule has 0 rings (SSSR count). The second-order valence-electron chi connectivity index (χ2n) is 3.91. The van der Waals surface area contributed by atoms with Gasteiger partial charge in [0, 0.05) is 32.1 Å². The minimum Gasteiger partial charge on any atom is -0.396 e. The maximum atomic E-state index is 10.9. The van der Waals surface area contributed by atoms with Gasteiger partial charge in [-0.15, -0.1) is 0 Å². The summed E-state index contributed by atoms with van der Waals surface area (Å²) in [6.07, 6.45) is 3.48. The molecule has 0 fully saturated rings. The minimum absolute atomic E-state index is 0.105. The van der Waals surface area contributed by atoms with E-state index in [2.05, 4.69) is 5.32 Å². The lowest BCUT2D eigenvalue weighted by atomic mass is 10.0. The topological polar surface area (TPSA) is 58.6 Å². The van der Waals surface area contributed by atoms with Crippen molar-refractivity contribution in [2.45, 2.75) is 53.4 Å². The molecular formula is C14H31NO3. The first kappa shape index (κ1) is 19.7.